The van der Waals surface area contributed by atoms with Gasteiger partial charge < -0.3 is 29.7 Å². The minimum Gasteiger partial charge on any atom is -0.451 e. The fraction of sp³-hybridized carbons (Fsp3) is 0.179. The molecule has 198 valence electrons. The summed E-state index contributed by atoms with van der Waals surface area (Å²) >= 11 is 0. The van der Waals surface area contributed by atoms with E-state index in [4.69, 9.17) is 4.42 Å². The van der Waals surface area contributed by atoms with E-state index in [1.807, 2.05) is 36.4 Å². The first-order valence-electron chi connectivity index (χ1n) is 12.3. The number of aromatic nitrogens is 2. The minimum absolute atomic E-state index is 0.0744. The summed E-state index contributed by atoms with van der Waals surface area (Å²) in [5, 5.41) is 7.77. The maximum atomic E-state index is 12.8. The number of imidazole rings is 1. The van der Waals surface area contributed by atoms with Crippen LogP contribution in [0.1, 0.15) is 37.0 Å². The molecule has 3 aromatic heterocycles. The van der Waals surface area contributed by atoms with Gasteiger partial charge >= 0.3 is 0 Å². The molecule has 4 amide bonds. The number of likely N-dealkylation sites (N-methyl/N-ethyl adjacent to an activating group) is 1. The molecule has 4 heterocycles. The highest BCUT2D eigenvalue weighted by atomic mass is 16.4. The van der Waals surface area contributed by atoms with Gasteiger partial charge in [0, 0.05) is 44.6 Å². The van der Waals surface area contributed by atoms with Gasteiger partial charge in [0.25, 0.3) is 17.7 Å². The number of nitrogens with one attached hydrogen (secondary N) is 3. The van der Waals surface area contributed by atoms with Gasteiger partial charge in [-0.25, -0.2) is 4.98 Å². The second-order valence-electron chi connectivity index (χ2n) is 8.89. The van der Waals surface area contributed by atoms with E-state index in [1.165, 1.54) is 13.1 Å². The second-order valence-corrected chi connectivity index (χ2v) is 8.89. The van der Waals surface area contributed by atoms with Crippen molar-refractivity contribution in [1.82, 2.24) is 30.2 Å². The molecule has 0 aliphatic carbocycles. The van der Waals surface area contributed by atoms with Crippen molar-refractivity contribution >= 4 is 29.3 Å². The molecule has 0 saturated heterocycles. The zero-order valence-electron chi connectivity index (χ0n) is 21.1. The summed E-state index contributed by atoms with van der Waals surface area (Å²) in [5.74, 6) is -0.678. The summed E-state index contributed by atoms with van der Waals surface area (Å²) in [6.07, 6.45) is 7.18. The predicted octanol–water partition coefficient (Wildman–Crippen LogP) is 2.01. The van der Waals surface area contributed by atoms with Crippen molar-refractivity contribution in [3.05, 3.63) is 95.7 Å². The van der Waals surface area contributed by atoms with Crippen LogP contribution < -0.4 is 16.0 Å². The third-order valence-corrected chi connectivity index (χ3v) is 6.22. The van der Waals surface area contributed by atoms with E-state index in [-0.39, 0.29) is 42.3 Å². The van der Waals surface area contributed by atoms with Gasteiger partial charge in [0.15, 0.2) is 5.76 Å². The number of benzene rings is 1. The van der Waals surface area contributed by atoms with E-state index in [1.54, 1.807) is 39.9 Å². The molecule has 0 unspecified atom stereocenters. The van der Waals surface area contributed by atoms with E-state index in [0.717, 1.165) is 11.1 Å². The third kappa shape index (κ3) is 5.72. The molecule has 0 fully saturated rings. The molecule has 0 bridgehead atoms. The Morgan fingerprint density at radius 3 is 2.56 bits per heavy atom. The van der Waals surface area contributed by atoms with Crippen LogP contribution in [0, 0.1) is 0 Å². The van der Waals surface area contributed by atoms with Gasteiger partial charge in [-0.05, 0) is 35.9 Å². The quantitative estimate of drug-likeness (QED) is 0.300. The Hall–Kier alpha value is -5.19. The smallest absolute Gasteiger partial charge is 0.287 e. The largest absolute Gasteiger partial charge is 0.451 e. The first-order valence-corrected chi connectivity index (χ1v) is 12.3. The van der Waals surface area contributed by atoms with Crippen LogP contribution in [0.5, 0.6) is 0 Å². The fourth-order valence-corrected chi connectivity index (χ4v) is 4.11. The topological polar surface area (TPSA) is 138 Å². The number of carbonyl (C=O) groups is 4. The molecular weight excluding hydrogens is 500 g/mol. The number of rotatable bonds is 8. The van der Waals surface area contributed by atoms with Gasteiger partial charge in [-0.3, -0.25) is 19.2 Å². The predicted molar refractivity (Wildman–Crippen MR) is 142 cm³/mol. The minimum atomic E-state index is -0.495. The van der Waals surface area contributed by atoms with Crippen molar-refractivity contribution in [2.75, 3.05) is 26.7 Å². The standard InChI is InChI=1S/C28H26N6O5/c1-29-25(35)15-31-27(37)23-9-8-22(39-23)19-6-4-5-18(13-19)14-30-26(36)21-17-34-16-20(7-10-24(34)32-21)28(38)33-11-2-3-12-33/h2-10,13,16-17H,11-12,14-15H2,1H3,(H,29,35)(H,30,36)(H,31,37). The normalized spacial score (nSPS) is 12.5. The first-order chi connectivity index (χ1) is 18.9. The number of amides is 4. The van der Waals surface area contributed by atoms with Crippen molar-refractivity contribution in [2.45, 2.75) is 6.54 Å². The van der Waals surface area contributed by atoms with Gasteiger partial charge in [0.2, 0.25) is 5.91 Å². The lowest BCUT2D eigenvalue weighted by Crippen LogP contribution is -2.34. The van der Waals surface area contributed by atoms with Crippen LogP contribution in [0.3, 0.4) is 0 Å². The van der Waals surface area contributed by atoms with Crippen LogP contribution in [0.2, 0.25) is 0 Å². The highest BCUT2D eigenvalue weighted by Crippen LogP contribution is 2.23. The molecule has 4 aromatic rings. The SMILES string of the molecule is CNC(=O)CNC(=O)c1ccc(-c2cccc(CNC(=O)c3cn4cc(C(=O)N5CC=CC5)ccc4n3)c2)o1. The Balaban J connectivity index is 1.22. The van der Waals surface area contributed by atoms with Crippen LogP contribution in [-0.2, 0) is 11.3 Å². The van der Waals surface area contributed by atoms with Gasteiger partial charge in [0.05, 0.1) is 12.1 Å². The highest BCUT2D eigenvalue weighted by molar-refractivity contribution is 5.96. The Kier molecular flexibility index (Phi) is 7.21. The van der Waals surface area contributed by atoms with Crippen molar-refractivity contribution in [2.24, 2.45) is 0 Å². The van der Waals surface area contributed by atoms with Crippen LogP contribution in [0.25, 0.3) is 17.0 Å². The summed E-state index contributed by atoms with van der Waals surface area (Å²) in [5.41, 5.74) is 2.87. The molecule has 0 spiro atoms. The lowest BCUT2D eigenvalue weighted by Gasteiger charge is -2.15. The Labute approximate surface area is 223 Å². The van der Waals surface area contributed by atoms with Crippen LogP contribution >= 0.6 is 0 Å². The van der Waals surface area contributed by atoms with E-state index in [9.17, 15) is 19.2 Å². The molecule has 0 radical (unpaired) electrons. The Morgan fingerprint density at radius 2 is 1.77 bits per heavy atom. The maximum Gasteiger partial charge on any atom is 0.287 e. The molecule has 0 saturated carbocycles. The fourth-order valence-electron chi connectivity index (χ4n) is 4.11. The van der Waals surface area contributed by atoms with Crippen molar-refractivity contribution in [1.29, 1.82) is 0 Å². The lowest BCUT2D eigenvalue weighted by atomic mass is 10.1. The van der Waals surface area contributed by atoms with Gasteiger partial charge in [-0.1, -0.05) is 30.4 Å². The van der Waals surface area contributed by atoms with E-state index >= 15 is 0 Å². The summed E-state index contributed by atoms with van der Waals surface area (Å²) in [4.78, 5) is 55.1. The number of fused-ring (bicyclic) bond motifs is 1. The van der Waals surface area contributed by atoms with E-state index in [0.29, 0.717) is 30.1 Å². The van der Waals surface area contributed by atoms with Crippen molar-refractivity contribution < 1.29 is 23.6 Å². The van der Waals surface area contributed by atoms with Crippen LogP contribution in [0.4, 0.5) is 0 Å². The number of pyridine rings is 1. The molecule has 1 aliphatic rings. The first kappa shape index (κ1) is 25.5. The summed E-state index contributed by atoms with van der Waals surface area (Å²) in [7, 11) is 1.49. The molecule has 11 heteroatoms. The molecule has 11 nitrogen and oxygen atoms in total. The monoisotopic (exact) mass is 526 g/mol. The number of nitrogens with zero attached hydrogens (tertiary/aromatic N) is 3. The second kappa shape index (κ2) is 11.1. The average Bonchev–Trinajstić information content (AvgIpc) is 3.74. The van der Waals surface area contributed by atoms with Crippen molar-refractivity contribution in [3.63, 3.8) is 0 Å². The van der Waals surface area contributed by atoms with Crippen LogP contribution in [-0.4, -0.2) is 64.6 Å². The Bertz CT molecular complexity index is 1590. The lowest BCUT2D eigenvalue weighted by molar-refractivity contribution is -0.119. The molecular formula is C28H26N6O5. The zero-order valence-corrected chi connectivity index (χ0v) is 21.1. The highest BCUT2D eigenvalue weighted by Gasteiger charge is 2.18. The zero-order chi connectivity index (χ0) is 27.4. The maximum absolute atomic E-state index is 12.8. The molecule has 1 aliphatic heterocycles. The van der Waals surface area contributed by atoms with Crippen molar-refractivity contribution in [3.8, 4) is 11.3 Å². The summed E-state index contributed by atoms with van der Waals surface area (Å²) in [6.45, 7) is 1.27. The van der Waals surface area contributed by atoms with Crippen LogP contribution in [0.15, 0.2) is 77.5 Å². The number of furan rings is 1. The number of hydrogen-bond donors (Lipinski definition) is 3. The van der Waals surface area contributed by atoms with E-state index < -0.39 is 5.91 Å². The molecule has 0 atom stereocenters. The third-order valence-electron chi connectivity index (χ3n) is 6.22. The van der Waals surface area contributed by atoms with Gasteiger partial charge in [-0.2, -0.15) is 0 Å². The number of carbonyl (C=O) groups excluding carboxylic acids is 4. The molecule has 39 heavy (non-hydrogen) atoms. The van der Waals surface area contributed by atoms with Gasteiger partial charge in [-0.15, -0.1) is 0 Å². The number of hydrogen-bond acceptors (Lipinski definition) is 6. The van der Waals surface area contributed by atoms with E-state index in [2.05, 4.69) is 20.9 Å². The van der Waals surface area contributed by atoms with Gasteiger partial charge in [0.1, 0.15) is 17.1 Å². The summed E-state index contributed by atoms with van der Waals surface area (Å²) < 4.78 is 7.34. The average molecular weight is 527 g/mol. The molecule has 5 rings (SSSR count). The molecule has 3 N–H and O–H groups in total. The summed E-state index contributed by atoms with van der Waals surface area (Å²) in [6, 6.07) is 14.0. The molecule has 1 aromatic carbocycles. The Morgan fingerprint density at radius 1 is 0.949 bits per heavy atom.